The molecule has 0 aliphatic carbocycles. The molecule has 1 aromatic carbocycles. The quantitative estimate of drug-likeness (QED) is 0.125. The highest BCUT2D eigenvalue weighted by Crippen LogP contribution is 2.18. The van der Waals surface area contributed by atoms with Gasteiger partial charge < -0.3 is 28.8 Å². The summed E-state index contributed by atoms with van der Waals surface area (Å²) in [6.07, 6.45) is 11.3. The molecular formula is C26H28N2O8. The van der Waals surface area contributed by atoms with Gasteiger partial charge in [-0.1, -0.05) is 18.2 Å². The predicted octanol–water partition coefficient (Wildman–Crippen LogP) is 2.58. The number of H-pyrrole nitrogens is 1. The van der Waals surface area contributed by atoms with Gasteiger partial charge in [-0.15, -0.1) is 0 Å². The number of carbonyl (C=O) groups excluding carboxylic acids is 4. The number of para-hydroxylation sites is 1. The number of nitrogens with one attached hydrogen (secondary N) is 1. The second-order valence-electron chi connectivity index (χ2n) is 7.16. The van der Waals surface area contributed by atoms with Crippen LogP contribution >= 0.6 is 0 Å². The van der Waals surface area contributed by atoms with E-state index in [0.29, 0.717) is 13.0 Å². The minimum atomic E-state index is -0.837. The highest BCUT2D eigenvalue weighted by molar-refractivity contribution is 6.14. The Morgan fingerprint density at radius 1 is 0.778 bits per heavy atom. The lowest BCUT2D eigenvalue weighted by Crippen LogP contribution is -2.16. The number of allylic oxidation sites excluding steroid dienone is 4. The van der Waals surface area contributed by atoms with Crippen molar-refractivity contribution in [3.05, 3.63) is 83.9 Å². The molecule has 0 bridgehead atoms. The molecule has 2 aromatic rings. The van der Waals surface area contributed by atoms with Crippen LogP contribution in [0.2, 0.25) is 0 Å². The second kappa shape index (κ2) is 14.0. The average molecular weight is 497 g/mol. The molecule has 0 unspecified atom stereocenters. The first-order valence-electron chi connectivity index (χ1n) is 10.8. The van der Waals surface area contributed by atoms with Crippen molar-refractivity contribution in [2.75, 3.05) is 35.0 Å². The highest BCUT2D eigenvalue weighted by Gasteiger charge is 2.19. The molecule has 0 amide bonds. The summed E-state index contributed by atoms with van der Waals surface area (Å²) in [5, 5.41) is 1.09. The van der Waals surface area contributed by atoms with Crippen LogP contribution in [0.3, 0.4) is 0 Å². The van der Waals surface area contributed by atoms with E-state index in [1.54, 1.807) is 17.3 Å². The summed E-state index contributed by atoms with van der Waals surface area (Å²) in [7, 11) is 4.63. The number of aromatic amines is 1. The number of fused-ring (bicyclic) bond motifs is 1. The summed E-state index contributed by atoms with van der Waals surface area (Å²) in [5.74, 6) is -3.35. The fourth-order valence-electron chi connectivity index (χ4n) is 3.17. The summed E-state index contributed by atoms with van der Waals surface area (Å²) < 4.78 is 18.5. The molecule has 0 aliphatic heterocycles. The van der Waals surface area contributed by atoms with Gasteiger partial charge in [0.2, 0.25) is 0 Å². The van der Waals surface area contributed by atoms with Gasteiger partial charge in [0.25, 0.3) is 0 Å². The Kier molecular flexibility index (Phi) is 10.7. The van der Waals surface area contributed by atoms with E-state index in [1.807, 2.05) is 30.5 Å². The van der Waals surface area contributed by atoms with E-state index in [2.05, 4.69) is 23.9 Å². The van der Waals surface area contributed by atoms with Crippen molar-refractivity contribution < 1.29 is 38.1 Å². The summed E-state index contributed by atoms with van der Waals surface area (Å²) in [5.41, 5.74) is 1.53. The molecule has 1 aromatic heterocycles. The Morgan fingerprint density at radius 3 is 1.72 bits per heavy atom. The smallest absolute Gasteiger partial charge is 0.345 e. The summed E-state index contributed by atoms with van der Waals surface area (Å²) in [6.45, 7) is 0.480. The molecule has 0 saturated carbocycles. The van der Waals surface area contributed by atoms with Crippen LogP contribution in [-0.4, -0.2) is 68.7 Å². The molecule has 190 valence electrons. The Hall–Kier alpha value is -4.60. The standard InChI is InChI=1S/C26H28N2O8/c1-33-23(29)20(24(30)34-2)10-7-14-28(15-8-11-21(25(31)35-3)26(32)36-4)16-13-18-17-27-22-12-6-5-9-19(18)22/h5-12,14-15,17,27H,13,16H2,1-4H3/b14-7-,15-8+. The fourth-order valence-corrected chi connectivity index (χ4v) is 3.17. The SMILES string of the molecule is COC(=O)C(=C/C=C\N(/C=C/C=C(C(=O)OC)C(=O)OC)CCc1c[nH]c2ccccc12)C(=O)OC. The molecule has 0 aliphatic rings. The zero-order chi connectivity index (χ0) is 26.5. The lowest BCUT2D eigenvalue weighted by molar-refractivity contribution is -0.145. The van der Waals surface area contributed by atoms with Gasteiger partial charge in [-0.2, -0.15) is 0 Å². The number of rotatable bonds is 11. The van der Waals surface area contributed by atoms with Crippen molar-refractivity contribution >= 4 is 34.8 Å². The van der Waals surface area contributed by atoms with E-state index < -0.39 is 23.9 Å². The number of ether oxygens (including phenoxy) is 4. The minimum absolute atomic E-state index is 0.282. The number of esters is 4. The topological polar surface area (TPSA) is 124 Å². The number of methoxy groups -OCH3 is 4. The zero-order valence-corrected chi connectivity index (χ0v) is 20.5. The van der Waals surface area contributed by atoms with Gasteiger partial charge in [0.15, 0.2) is 0 Å². The number of hydrogen-bond donors (Lipinski definition) is 1. The van der Waals surface area contributed by atoms with E-state index in [4.69, 9.17) is 0 Å². The van der Waals surface area contributed by atoms with Crippen LogP contribution in [0, 0.1) is 0 Å². The molecule has 10 heteroatoms. The third-order valence-corrected chi connectivity index (χ3v) is 5.02. The molecule has 10 nitrogen and oxygen atoms in total. The molecule has 36 heavy (non-hydrogen) atoms. The van der Waals surface area contributed by atoms with Crippen LogP contribution < -0.4 is 0 Å². The van der Waals surface area contributed by atoms with Crippen LogP contribution in [0.15, 0.2) is 78.3 Å². The number of nitrogens with zero attached hydrogens (tertiary/aromatic N) is 1. The van der Waals surface area contributed by atoms with E-state index in [9.17, 15) is 19.2 Å². The molecule has 0 saturated heterocycles. The zero-order valence-electron chi connectivity index (χ0n) is 20.5. The number of aromatic nitrogens is 1. The molecule has 0 fully saturated rings. The lowest BCUT2D eigenvalue weighted by Gasteiger charge is -2.15. The van der Waals surface area contributed by atoms with E-state index in [1.165, 1.54) is 24.3 Å². The van der Waals surface area contributed by atoms with E-state index >= 15 is 0 Å². The second-order valence-corrected chi connectivity index (χ2v) is 7.16. The number of carbonyl (C=O) groups is 4. The summed E-state index contributed by atoms with van der Waals surface area (Å²) in [6, 6.07) is 7.89. The first-order chi connectivity index (χ1) is 17.4. The highest BCUT2D eigenvalue weighted by atomic mass is 16.5. The largest absolute Gasteiger partial charge is 0.465 e. The van der Waals surface area contributed by atoms with Crippen molar-refractivity contribution in [1.82, 2.24) is 9.88 Å². The maximum atomic E-state index is 11.9. The molecule has 0 radical (unpaired) electrons. The van der Waals surface area contributed by atoms with Crippen molar-refractivity contribution in [3.8, 4) is 0 Å². The monoisotopic (exact) mass is 496 g/mol. The normalized spacial score (nSPS) is 10.7. The van der Waals surface area contributed by atoms with Gasteiger partial charge in [-0.25, -0.2) is 19.2 Å². The van der Waals surface area contributed by atoms with E-state index in [0.717, 1.165) is 44.9 Å². The van der Waals surface area contributed by atoms with Crippen molar-refractivity contribution in [2.24, 2.45) is 0 Å². The Labute approximate surface area is 208 Å². The summed E-state index contributed by atoms with van der Waals surface area (Å²) >= 11 is 0. The first kappa shape index (κ1) is 27.6. The van der Waals surface area contributed by atoms with Crippen LogP contribution in [0.25, 0.3) is 10.9 Å². The van der Waals surface area contributed by atoms with Crippen LogP contribution in [-0.2, 0) is 44.5 Å². The van der Waals surface area contributed by atoms with Crippen LogP contribution in [0.4, 0.5) is 0 Å². The lowest BCUT2D eigenvalue weighted by atomic mass is 10.1. The van der Waals surface area contributed by atoms with Crippen molar-refractivity contribution in [1.29, 1.82) is 0 Å². The maximum Gasteiger partial charge on any atom is 0.345 e. The average Bonchev–Trinajstić information content (AvgIpc) is 3.32. The third-order valence-electron chi connectivity index (χ3n) is 5.02. The van der Waals surface area contributed by atoms with Crippen LogP contribution in [0.5, 0.6) is 0 Å². The van der Waals surface area contributed by atoms with Gasteiger partial charge >= 0.3 is 23.9 Å². The molecule has 2 rings (SSSR count). The van der Waals surface area contributed by atoms with Crippen molar-refractivity contribution in [3.63, 3.8) is 0 Å². The first-order valence-corrected chi connectivity index (χ1v) is 10.8. The van der Waals surface area contributed by atoms with Gasteiger partial charge in [-0.3, -0.25) is 0 Å². The molecule has 0 atom stereocenters. The van der Waals surface area contributed by atoms with Gasteiger partial charge in [-0.05, 0) is 42.4 Å². The van der Waals surface area contributed by atoms with Gasteiger partial charge in [0.05, 0.1) is 28.4 Å². The van der Waals surface area contributed by atoms with E-state index in [-0.39, 0.29) is 11.1 Å². The molecule has 1 N–H and O–H groups in total. The molecular weight excluding hydrogens is 468 g/mol. The number of benzene rings is 1. The minimum Gasteiger partial charge on any atom is -0.465 e. The maximum absolute atomic E-state index is 11.9. The fraction of sp³-hybridized carbons (Fsp3) is 0.231. The molecule has 0 spiro atoms. The van der Waals surface area contributed by atoms with Gasteiger partial charge in [0, 0.05) is 36.0 Å². The van der Waals surface area contributed by atoms with Crippen molar-refractivity contribution in [2.45, 2.75) is 6.42 Å². The predicted molar refractivity (Wildman–Crippen MR) is 131 cm³/mol. The van der Waals surface area contributed by atoms with Gasteiger partial charge in [0.1, 0.15) is 11.1 Å². The molecule has 1 heterocycles. The summed E-state index contributed by atoms with van der Waals surface area (Å²) in [4.78, 5) is 52.5. The number of hydrogen-bond acceptors (Lipinski definition) is 9. The Morgan fingerprint density at radius 2 is 1.25 bits per heavy atom. The third kappa shape index (κ3) is 7.45. The Balaban J connectivity index is 2.33. The Bertz CT molecular complexity index is 1130. The van der Waals surface area contributed by atoms with Crippen LogP contribution in [0.1, 0.15) is 5.56 Å².